The van der Waals surface area contributed by atoms with Crippen LogP contribution >= 0.6 is 11.6 Å². The molecule has 1 spiro atoms. The molecule has 5 aliphatic rings. The number of halogens is 2. The van der Waals surface area contributed by atoms with Gasteiger partial charge in [-0.15, -0.1) is 11.6 Å². The molecule has 0 aromatic carbocycles. The quantitative estimate of drug-likeness (QED) is 0.427. The van der Waals surface area contributed by atoms with Gasteiger partial charge in [-0.2, -0.15) is 0 Å². The molecule has 5 fully saturated rings. The maximum Gasteiger partial charge on any atom is 0.322 e. The summed E-state index contributed by atoms with van der Waals surface area (Å²) in [6, 6.07) is -1.40. The molecule has 2 heterocycles. The smallest absolute Gasteiger partial charge is 0.322 e. The van der Waals surface area contributed by atoms with E-state index >= 15 is 0 Å². The van der Waals surface area contributed by atoms with Crippen molar-refractivity contribution in [2.75, 3.05) is 21.3 Å². The third kappa shape index (κ3) is 4.28. The van der Waals surface area contributed by atoms with Crippen LogP contribution in [0.4, 0.5) is 4.39 Å². The van der Waals surface area contributed by atoms with Crippen molar-refractivity contribution < 1.29 is 37.7 Å². The van der Waals surface area contributed by atoms with E-state index in [0.29, 0.717) is 38.5 Å². The lowest BCUT2D eigenvalue weighted by atomic mass is 9.55. The highest BCUT2D eigenvalue weighted by Crippen LogP contribution is 2.55. The highest BCUT2D eigenvalue weighted by Gasteiger charge is 2.71. The Morgan fingerprint density at radius 3 is 2.35 bits per heavy atom. The number of alkyl halides is 2. The first-order chi connectivity index (χ1) is 17.7. The van der Waals surface area contributed by atoms with Gasteiger partial charge < -0.3 is 18.9 Å². The first kappa shape index (κ1) is 27.4. The lowest BCUT2D eigenvalue weighted by molar-refractivity contribution is -0.180. The van der Waals surface area contributed by atoms with Gasteiger partial charge in [0.1, 0.15) is 23.6 Å². The number of methoxy groups -OCH3 is 3. The predicted octanol–water partition coefficient (Wildman–Crippen LogP) is 2.62. The number of carbonyl (C=O) groups is 3. The normalized spacial score (nSPS) is 50.0. The SMILES string of the molecule is COC(=O)C1CC(C2CCC(F)CC2)C2C(=O)C[C@@H](C)[C@]3(OC4C(Cl)C(OC)CC(OC)C4C3=O)C2N1. The molecular weight excluding hydrogens is 505 g/mol. The van der Waals surface area contributed by atoms with Gasteiger partial charge in [-0.05, 0) is 43.9 Å². The van der Waals surface area contributed by atoms with Crippen molar-refractivity contribution in [2.45, 2.75) is 99.4 Å². The van der Waals surface area contributed by atoms with E-state index in [9.17, 15) is 18.8 Å². The van der Waals surface area contributed by atoms with Crippen LogP contribution < -0.4 is 5.32 Å². The Bertz CT molecular complexity index is 913. The lowest BCUT2D eigenvalue weighted by Gasteiger charge is -2.55. The van der Waals surface area contributed by atoms with E-state index in [2.05, 4.69) is 5.32 Å². The number of piperidine rings is 1. The molecule has 10 heteroatoms. The van der Waals surface area contributed by atoms with Crippen molar-refractivity contribution in [3.8, 4) is 0 Å². The lowest BCUT2D eigenvalue weighted by Crippen LogP contribution is -2.73. The number of fused-ring (bicyclic) bond motifs is 3. The summed E-state index contributed by atoms with van der Waals surface area (Å²) in [7, 11) is 4.49. The Kier molecular flexibility index (Phi) is 7.75. The second-order valence-electron chi connectivity index (χ2n) is 11.7. The number of carbonyl (C=O) groups excluding carboxylic acids is 3. The van der Waals surface area contributed by atoms with Gasteiger partial charge in [0, 0.05) is 38.9 Å². The van der Waals surface area contributed by atoms with Crippen LogP contribution in [0.5, 0.6) is 0 Å². The fourth-order valence-corrected chi connectivity index (χ4v) is 8.66. The Labute approximate surface area is 222 Å². The second-order valence-corrected chi connectivity index (χ2v) is 12.2. The molecule has 0 amide bonds. The van der Waals surface area contributed by atoms with Crippen LogP contribution in [-0.4, -0.2) is 86.4 Å². The summed E-state index contributed by atoms with van der Waals surface area (Å²) in [5.41, 5.74) is -1.34. The summed E-state index contributed by atoms with van der Waals surface area (Å²) in [6.45, 7) is 1.87. The average molecular weight is 544 g/mol. The molecule has 5 rings (SSSR count). The zero-order valence-electron chi connectivity index (χ0n) is 22.0. The van der Waals surface area contributed by atoms with E-state index in [1.165, 1.54) is 7.11 Å². The summed E-state index contributed by atoms with van der Waals surface area (Å²) in [4.78, 5) is 41.0. The Balaban J connectivity index is 1.56. The minimum Gasteiger partial charge on any atom is -0.468 e. The number of nitrogens with one attached hydrogen (secondary N) is 1. The number of rotatable bonds is 4. The first-order valence-corrected chi connectivity index (χ1v) is 14.0. The van der Waals surface area contributed by atoms with E-state index in [0.717, 1.165) is 0 Å². The topological polar surface area (TPSA) is 100 Å². The molecule has 0 bridgehead atoms. The standard InChI is InChI=1S/C27H39ClFNO7/c1-12-9-17(31)20-15(13-5-7-14(29)8-6-13)10-16(26(33)36-4)30-24(20)27(12)25(32)21-18(34-2)11-19(35-3)22(28)23(21)37-27/h12-16,18-24,30H,5-11H2,1-4H3/t12-,13?,14?,15?,16?,18?,19?,20?,21?,22?,23?,24?,27+/m1/s1. The highest BCUT2D eigenvalue weighted by atomic mass is 35.5. The molecule has 37 heavy (non-hydrogen) atoms. The molecule has 2 aliphatic heterocycles. The number of esters is 1. The maximum absolute atomic E-state index is 14.4. The molecule has 11 atom stereocenters. The molecular formula is C27H39ClFNO7. The van der Waals surface area contributed by atoms with Crippen LogP contribution in [0.25, 0.3) is 0 Å². The van der Waals surface area contributed by atoms with Crippen molar-refractivity contribution in [3.05, 3.63) is 0 Å². The van der Waals surface area contributed by atoms with Gasteiger partial charge in [-0.1, -0.05) is 6.92 Å². The van der Waals surface area contributed by atoms with E-state index < -0.39 is 65.2 Å². The zero-order chi connectivity index (χ0) is 26.6. The van der Waals surface area contributed by atoms with Crippen molar-refractivity contribution >= 4 is 29.1 Å². The molecule has 3 aliphatic carbocycles. The van der Waals surface area contributed by atoms with Gasteiger partial charge in [0.15, 0.2) is 5.78 Å². The predicted molar refractivity (Wildman–Crippen MR) is 132 cm³/mol. The largest absolute Gasteiger partial charge is 0.468 e. The summed E-state index contributed by atoms with van der Waals surface area (Å²) in [6.07, 6.45) is 1.03. The van der Waals surface area contributed by atoms with Crippen molar-refractivity contribution in [2.24, 2.45) is 29.6 Å². The third-order valence-corrected chi connectivity index (χ3v) is 10.6. The second kappa shape index (κ2) is 10.5. The Morgan fingerprint density at radius 1 is 1.05 bits per heavy atom. The van der Waals surface area contributed by atoms with Crippen LogP contribution in [0, 0.1) is 29.6 Å². The third-order valence-electron chi connectivity index (χ3n) is 10.1. The first-order valence-electron chi connectivity index (χ1n) is 13.6. The highest BCUT2D eigenvalue weighted by molar-refractivity contribution is 6.22. The molecule has 0 aromatic heterocycles. The Hall–Kier alpha value is -1.13. The van der Waals surface area contributed by atoms with Crippen LogP contribution in [0.3, 0.4) is 0 Å². The summed E-state index contributed by atoms with van der Waals surface area (Å²) in [5, 5.41) is 2.79. The van der Waals surface area contributed by atoms with Gasteiger partial charge in [0.05, 0.1) is 42.8 Å². The van der Waals surface area contributed by atoms with E-state index in [4.69, 9.17) is 30.5 Å². The number of hydrogen-bond acceptors (Lipinski definition) is 8. The average Bonchev–Trinajstić information content (AvgIpc) is 3.21. The monoisotopic (exact) mass is 543 g/mol. The van der Waals surface area contributed by atoms with Gasteiger partial charge in [-0.25, -0.2) is 4.39 Å². The molecule has 8 nitrogen and oxygen atoms in total. The fourth-order valence-electron chi connectivity index (χ4n) is 8.25. The minimum atomic E-state index is -1.34. The van der Waals surface area contributed by atoms with Crippen LogP contribution in [-0.2, 0) is 33.3 Å². The van der Waals surface area contributed by atoms with Crippen molar-refractivity contribution in [1.82, 2.24) is 5.32 Å². The van der Waals surface area contributed by atoms with E-state index in [1.807, 2.05) is 6.92 Å². The summed E-state index contributed by atoms with van der Waals surface area (Å²) < 4.78 is 37.2. The molecule has 208 valence electrons. The molecule has 0 radical (unpaired) electrons. The van der Waals surface area contributed by atoms with Crippen molar-refractivity contribution in [3.63, 3.8) is 0 Å². The number of ketones is 2. The van der Waals surface area contributed by atoms with Gasteiger partial charge >= 0.3 is 5.97 Å². The van der Waals surface area contributed by atoms with Gasteiger partial charge in [0.2, 0.25) is 0 Å². The van der Waals surface area contributed by atoms with Crippen LogP contribution in [0.15, 0.2) is 0 Å². The fraction of sp³-hybridized carbons (Fsp3) is 0.889. The zero-order valence-corrected chi connectivity index (χ0v) is 22.7. The number of ether oxygens (including phenoxy) is 4. The van der Waals surface area contributed by atoms with E-state index in [-0.39, 0.29) is 35.9 Å². The maximum atomic E-state index is 14.4. The summed E-state index contributed by atoms with van der Waals surface area (Å²) in [5.74, 6) is -2.11. The summed E-state index contributed by atoms with van der Waals surface area (Å²) >= 11 is 6.84. The minimum absolute atomic E-state index is 0.0677. The molecule has 3 saturated carbocycles. The van der Waals surface area contributed by atoms with Crippen molar-refractivity contribution in [1.29, 1.82) is 0 Å². The molecule has 0 aromatic rings. The van der Waals surface area contributed by atoms with Crippen LogP contribution in [0.2, 0.25) is 0 Å². The number of hydrogen-bond donors (Lipinski definition) is 1. The molecule has 2 saturated heterocycles. The van der Waals surface area contributed by atoms with Gasteiger partial charge in [-0.3, -0.25) is 19.7 Å². The van der Waals surface area contributed by atoms with Gasteiger partial charge in [0.25, 0.3) is 0 Å². The Morgan fingerprint density at radius 2 is 1.73 bits per heavy atom. The van der Waals surface area contributed by atoms with E-state index in [1.54, 1.807) is 14.2 Å². The molecule has 9 unspecified atom stereocenters. The van der Waals surface area contributed by atoms with Crippen LogP contribution in [0.1, 0.15) is 51.9 Å². The molecule has 1 N–H and O–H groups in total. The number of Topliss-reactive ketones (excluding diaryl/α,β-unsaturated/α-hetero) is 2.